The average molecular weight is 386 g/mol. The van der Waals surface area contributed by atoms with E-state index >= 15 is 0 Å². The molecule has 0 aromatic heterocycles. The quantitative estimate of drug-likeness (QED) is 0.715. The van der Waals surface area contributed by atoms with E-state index in [9.17, 15) is 18.8 Å². The van der Waals surface area contributed by atoms with Crippen LogP contribution in [0.5, 0.6) is 0 Å². The van der Waals surface area contributed by atoms with Gasteiger partial charge in [0, 0.05) is 0 Å². The first-order valence-electron chi connectivity index (χ1n) is 8.97. The molecule has 7 heteroatoms. The number of amides is 2. The summed E-state index contributed by atoms with van der Waals surface area (Å²) in [5.74, 6) is -2.71. The van der Waals surface area contributed by atoms with Gasteiger partial charge in [-0.3, -0.25) is 9.59 Å². The lowest BCUT2D eigenvalue weighted by Crippen LogP contribution is -2.47. The van der Waals surface area contributed by atoms with E-state index in [1.54, 1.807) is 39.0 Å². The van der Waals surface area contributed by atoms with Gasteiger partial charge < -0.3 is 15.4 Å². The first kappa shape index (κ1) is 21.1. The summed E-state index contributed by atoms with van der Waals surface area (Å²) in [7, 11) is 0. The number of benzene rings is 2. The molecule has 0 aliphatic heterocycles. The molecule has 0 aliphatic carbocycles. The summed E-state index contributed by atoms with van der Waals surface area (Å²) in [4.78, 5) is 37.2. The zero-order valence-corrected chi connectivity index (χ0v) is 16.0. The standard InChI is InChI=1S/C21H23FN2O4/c1-4-28-21(27)15-10-6-8-12-17(15)23-20(26)18(13(2)3)24-19(25)14-9-5-7-11-16(14)22/h5-13,18H,4H2,1-3H3,(H,23,26)(H,24,25)/t18-/m0/s1. The van der Waals surface area contributed by atoms with Crippen molar-refractivity contribution in [3.63, 3.8) is 0 Å². The molecule has 0 aliphatic rings. The molecule has 0 saturated heterocycles. The number of esters is 1. The van der Waals surface area contributed by atoms with Gasteiger partial charge in [-0.1, -0.05) is 38.1 Å². The molecule has 2 aromatic rings. The van der Waals surface area contributed by atoms with Crippen molar-refractivity contribution in [2.24, 2.45) is 5.92 Å². The van der Waals surface area contributed by atoms with Gasteiger partial charge in [-0.25, -0.2) is 9.18 Å². The number of hydrogen-bond donors (Lipinski definition) is 2. The zero-order chi connectivity index (χ0) is 20.7. The van der Waals surface area contributed by atoms with Crippen LogP contribution in [0.2, 0.25) is 0 Å². The SMILES string of the molecule is CCOC(=O)c1ccccc1NC(=O)[C@@H](NC(=O)c1ccccc1F)C(C)C. The molecular weight excluding hydrogens is 363 g/mol. The molecule has 0 spiro atoms. The number of ether oxygens (including phenoxy) is 1. The molecule has 0 fully saturated rings. The van der Waals surface area contributed by atoms with Gasteiger partial charge in [0.15, 0.2) is 0 Å². The maximum atomic E-state index is 13.8. The van der Waals surface area contributed by atoms with Crippen molar-refractivity contribution < 1.29 is 23.5 Å². The molecule has 148 valence electrons. The molecule has 6 nitrogen and oxygen atoms in total. The van der Waals surface area contributed by atoms with Gasteiger partial charge in [-0.05, 0) is 37.1 Å². The summed E-state index contributed by atoms with van der Waals surface area (Å²) in [6, 6.07) is 11.0. The second-order valence-corrected chi connectivity index (χ2v) is 6.43. The topological polar surface area (TPSA) is 84.5 Å². The minimum absolute atomic E-state index is 0.145. The smallest absolute Gasteiger partial charge is 0.340 e. The Balaban J connectivity index is 2.20. The average Bonchev–Trinajstić information content (AvgIpc) is 2.66. The third-order valence-electron chi connectivity index (χ3n) is 4.03. The van der Waals surface area contributed by atoms with E-state index in [0.717, 1.165) is 0 Å². The molecule has 0 bridgehead atoms. The highest BCUT2D eigenvalue weighted by Gasteiger charge is 2.27. The van der Waals surface area contributed by atoms with Crippen LogP contribution in [-0.2, 0) is 9.53 Å². The number of nitrogens with one attached hydrogen (secondary N) is 2. The van der Waals surface area contributed by atoms with E-state index in [1.165, 1.54) is 30.3 Å². The molecule has 2 aromatic carbocycles. The van der Waals surface area contributed by atoms with Crippen LogP contribution in [-0.4, -0.2) is 30.4 Å². The first-order chi connectivity index (χ1) is 13.3. The van der Waals surface area contributed by atoms with Crippen LogP contribution < -0.4 is 10.6 Å². The summed E-state index contributed by atoms with van der Waals surface area (Å²) >= 11 is 0. The minimum Gasteiger partial charge on any atom is -0.462 e. The highest BCUT2D eigenvalue weighted by Crippen LogP contribution is 2.18. The molecule has 2 amide bonds. The van der Waals surface area contributed by atoms with E-state index in [0.29, 0.717) is 0 Å². The normalized spacial score (nSPS) is 11.6. The van der Waals surface area contributed by atoms with Crippen LogP contribution in [0.4, 0.5) is 10.1 Å². The third-order valence-corrected chi connectivity index (χ3v) is 4.03. The third kappa shape index (κ3) is 5.16. The van der Waals surface area contributed by atoms with E-state index in [-0.39, 0.29) is 29.3 Å². The van der Waals surface area contributed by atoms with Crippen molar-refractivity contribution in [3.8, 4) is 0 Å². The Morgan fingerprint density at radius 1 is 1.00 bits per heavy atom. The summed E-state index contributed by atoms with van der Waals surface area (Å²) in [6.07, 6.45) is 0. The van der Waals surface area contributed by atoms with E-state index < -0.39 is 29.6 Å². The van der Waals surface area contributed by atoms with Gasteiger partial charge >= 0.3 is 5.97 Å². The van der Waals surface area contributed by atoms with Gasteiger partial charge in [0.25, 0.3) is 5.91 Å². The second kappa shape index (κ2) is 9.64. The fraction of sp³-hybridized carbons (Fsp3) is 0.286. The zero-order valence-electron chi connectivity index (χ0n) is 16.0. The number of hydrogen-bond acceptors (Lipinski definition) is 4. The maximum absolute atomic E-state index is 13.8. The van der Waals surface area contributed by atoms with Gasteiger partial charge in [0.05, 0.1) is 23.4 Å². The Morgan fingerprint density at radius 2 is 1.61 bits per heavy atom. The van der Waals surface area contributed by atoms with Crippen LogP contribution in [0.25, 0.3) is 0 Å². The summed E-state index contributed by atoms with van der Waals surface area (Å²) < 4.78 is 18.8. The molecule has 0 unspecified atom stereocenters. The molecular formula is C21H23FN2O4. The Bertz CT molecular complexity index is 867. The van der Waals surface area contributed by atoms with Gasteiger partial charge in [-0.2, -0.15) is 0 Å². The monoisotopic (exact) mass is 386 g/mol. The molecule has 2 N–H and O–H groups in total. The minimum atomic E-state index is -0.928. The Kier molecular flexibility index (Phi) is 7.26. The lowest BCUT2D eigenvalue weighted by molar-refractivity contribution is -0.118. The number of rotatable bonds is 7. The molecule has 0 heterocycles. The van der Waals surface area contributed by atoms with Gasteiger partial charge in [-0.15, -0.1) is 0 Å². The molecule has 28 heavy (non-hydrogen) atoms. The van der Waals surface area contributed by atoms with Crippen molar-refractivity contribution in [2.45, 2.75) is 26.8 Å². The fourth-order valence-corrected chi connectivity index (χ4v) is 2.59. The van der Waals surface area contributed by atoms with Crippen LogP contribution in [0, 0.1) is 11.7 Å². The van der Waals surface area contributed by atoms with Crippen molar-refractivity contribution in [3.05, 3.63) is 65.5 Å². The summed E-state index contributed by atoms with van der Waals surface area (Å²) in [5, 5.41) is 5.21. The Hall–Kier alpha value is -3.22. The van der Waals surface area contributed by atoms with Crippen LogP contribution in [0.15, 0.2) is 48.5 Å². The first-order valence-corrected chi connectivity index (χ1v) is 8.97. The Morgan fingerprint density at radius 3 is 2.21 bits per heavy atom. The second-order valence-electron chi connectivity index (χ2n) is 6.43. The van der Waals surface area contributed by atoms with Gasteiger partial charge in [0.2, 0.25) is 5.91 Å². The fourth-order valence-electron chi connectivity index (χ4n) is 2.59. The predicted octanol–water partition coefficient (Wildman–Crippen LogP) is 3.40. The van der Waals surface area contributed by atoms with Crippen molar-refractivity contribution >= 4 is 23.5 Å². The Labute approximate surface area is 163 Å². The lowest BCUT2D eigenvalue weighted by atomic mass is 10.0. The van der Waals surface area contributed by atoms with Crippen LogP contribution in [0.1, 0.15) is 41.5 Å². The van der Waals surface area contributed by atoms with Crippen molar-refractivity contribution in [2.75, 3.05) is 11.9 Å². The van der Waals surface area contributed by atoms with Gasteiger partial charge in [0.1, 0.15) is 11.9 Å². The van der Waals surface area contributed by atoms with Crippen LogP contribution >= 0.6 is 0 Å². The van der Waals surface area contributed by atoms with E-state index in [2.05, 4.69) is 10.6 Å². The number of para-hydroxylation sites is 1. The van der Waals surface area contributed by atoms with Crippen molar-refractivity contribution in [1.29, 1.82) is 0 Å². The van der Waals surface area contributed by atoms with E-state index in [4.69, 9.17) is 4.74 Å². The number of halogens is 1. The lowest BCUT2D eigenvalue weighted by Gasteiger charge is -2.22. The van der Waals surface area contributed by atoms with Crippen molar-refractivity contribution in [1.82, 2.24) is 5.32 Å². The maximum Gasteiger partial charge on any atom is 0.340 e. The summed E-state index contributed by atoms with van der Waals surface area (Å²) in [5.41, 5.74) is 0.338. The van der Waals surface area contributed by atoms with Crippen LogP contribution in [0.3, 0.4) is 0 Å². The molecule has 0 radical (unpaired) electrons. The highest BCUT2D eigenvalue weighted by atomic mass is 19.1. The predicted molar refractivity (Wildman–Crippen MR) is 104 cm³/mol. The number of anilines is 1. The number of carbonyl (C=O) groups is 3. The highest BCUT2D eigenvalue weighted by molar-refractivity contribution is 6.05. The number of carbonyl (C=O) groups excluding carboxylic acids is 3. The molecule has 2 rings (SSSR count). The largest absolute Gasteiger partial charge is 0.462 e. The molecule has 1 atom stereocenters. The van der Waals surface area contributed by atoms with E-state index in [1.807, 2.05) is 0 Å². The summed E-state index contributed by atoms with van der Waals surface area (Å²) in [6.45, 7) is 5.40. The molecule has 0 saturated carbocycles.